The Morgan fingerprint density at radius 3 is 2.88 bits per heavy atom. The lowest BCUT2D eigenvalue weighted by molar-refractivity contribution is 0.850. The van der Waals surface area contributed by atoms with Crippen molar-refractivity contribution in [1.29, 1.82) is 0 Å². The van der Waals surface area contributed by atoms with Gasteiger partial charge in [0.25, 0.3) is 0 Å². The van der Waals surface area contributed by atoms with Crippen LogP contribution in [0.1, 0.15) is 30.9 Å². The van der Waals surface area contributed by atoms with Crippen molar-refractivity contribution in [3.05, 3.63) is 34.3 Å². The van der Waals surface area contributed by atoms with Crippen LogP contribution in [0.15, 0.2) is 23.2 Å². The van der Waals surface area contributed by atoms with Gasteiger partial charge in [0.1, 0.15) is 5.84 Å². The Morgan fingerprint density at radius 2 is 2.25 bits per heavy atom. The Hall–Kier alpha value is -1.02. The minimum atomic E-state index is 0.496. The highest BCUT2D eigenvalue weighted by molar-refractivity contribution is 6.30. The quantitative estimate of drug-likeness (QED) is 0.857. The summed E-state index contributed by atoms with van der Waals surface area (Å²) >= 11 is 6.03. The number of benzene rings is 1. The molecule has 0 saturated heterocycles. The molecule has 0 atom stereocenters. The average molecular weight is 237 g/mol. The highest BCUT2D eigenvalue weighted by atomic mass is 35.5. The number of hydrogen-bond acceptors (Lipinski definition) is 2. The maximum absolute atomic E-state index is 6.03. The Morgan fingerprint density at radius 1 is 1.44 bits per heavy atom. The van der Waals surface area contributed by atoms with Gasteiger partial charge in [-0.25, -0.2) is 0 Å². The van der Waals surface area contributed by atoms with Crippen molar-refractivity contribution in [2.24, 2.45) is 4.99 Å². The van der Waals surface area contributed by atoms with Crippen LogP contribution in [0.3, 0.4) is 0 Å². The first kappa shape index (κ1) is 11.5. The van der Waals surface area contributed by atoms with Crippen molar-refractivity contribution in [2.45, 2.75) is 26.2 Å². The van der Waals surface area contributed by atoms with Crippen LogP contribution in [0.2, 0.25) is 5.02 Å². The molecule has 2 rings (SSSR count). The Kier molecular flexibility index (Phi) is 3.49. The lowest BCUT2D eigenvalue weighted by Crippen LogP contribution is -2.21. The molecule has 1 aliphatic heterocycles. The van der Waals surface area contributed by atoms with Gasteiger partial charge in [0.05, 0.1) is 6.54 Å². The van der Waals surface area contributed by atoms with Gasteiger partial charge in [0.2, 0.25) is 0 Å². The summed E-state index contributed by atoms with van der Waals surface area (Å²) in [5, 5.41) is 4.12. The molecular weight excluding hydrogens is 220 g/mol. The van der Waals surface area contributed by atoms with Crippen LogP contribution in [0, 0.1) is 0 Å². The number of amidine groups is 1. The molecule has 1 aliphatic rings. The molecule has 0 aromatic heterocycles. The fourth-order valence-corrected chi connectivity index (χ4v) is 2.19. The Balaban J connectivity index is 2.25. The summed E-state index contributed by atoms with van der Waals surface area (Å²) in [5.41, 5.74) is 2.65. The third-order valence-electron chi connectivity index (χ3n) is 2.83. The second kappa shape index (κ2) is 4.88. The molecule has 2 nitrogen and oxygen atoms in total. The number of hydrogen-bond donors (Lipinski definition) is 1. The van der Waals surface area contributed by atoms with Crippen molar-refractivity contribution >= 4 is 17.4 Å². The lowest BCUT2D eigenvalue weighted by Gasteiger charge is -2.13. The highest BCUT2D eigenvalue weighted by Crippen LogP contribution is 2.24. The minimum absolute atomic E-state index is 0.496. The second-order valence-corrected chi connectivity index (χ2v) is 4.87. The molecule has 0 fully saturated rings. The molecule has 3 heteroatoms. The largest absolute Gasteiger partial charge is 0.372 e. The van der Waals surface area contributed by atoms with Crippen molar-refractivity contribution in [2.75, 3.05) is 13.1 Å². The maximum atomic E-state index is 6.03. The molecule has 16 heavy (non-hydrogen) atoms. The fourth-order valence-electron chi connectivity index (χ4n) is 2.01. The third-order valence-corrected chi connectivity index (χ3v) is 3.07. The number of rotatable bonds is 3. The molecule has 0 amide bonds. The minimum Gasteiger partial charge on any atom is -0.372 e. The molecule has 0 saturated carbocycles. The number of halogens is 1. The van der Waals surface area contributed by atoms with Crippen molar-refractivity contribution in [3.8, 4) is 0 Å². The van der Waals surface area contributed by atoms with Gasteiger partial charge in [-0.3, -0.25) is 4.99 Å². The molecule has 1 aromatic rings. The van der Waals surface area contributed by atoms with Crippen molar-refractivity contribution in [1.82, 2.24) is 5.32 Å². The molecule has 0 unspecified atom stereocenters. The summed E-state index contributed by atoms with van der Waals surface area (Å²) in [7, 11) is 0. The summed E-state index contributed by atoms with van der Waals surface area (Å²) in [5.74, 6) is 1.60. The molecule has 1 heterocycles. The van der Waals surface area contributed by atoms with Gasteiger partial charge >= 0.3 is 0 Å². The Bertz CT molecular complexity index is 410. The second-order valence-electron chi connectivity index (χ2n) is 4.43. The summed E-state index contributed by atoms with van der Waals surface area (Å²) in [6.07, 6.45) is 0.894. The van der Waals surface area contributed by atoms with E-state index in [1.165, 1.54) is 11.1 Å². The molecule has 86 valence electrons. The fraction of sp³-hybridized carbons (Fsp3) is 0.462. The number of nitrogens with one attached hydrogen (secondary N) is 1. The molecule has 1 aromatic carbocycles. The van der Waals surface area contributed by atoms with E-state index in [9.17, 15) is 0 Å². The van der Waals surface area contributed by atoms with Crippen LogP contribution in [-0.4, -0.2) is 18.9 Å². The van der Waals surface area contributed by atoms with E-state index in [4.69, 9.17) is 11.6 Å². The summed E-state index contributed by atoms with van der Waals surface area (Å²) in [6, 6.07) is 6.13. The van der Waals surface area contributed by atoms with Crippen LogP contribution in [0.25, 0.3) is 0 Å². The van der Waals surface area contributed by atoms with E-state index < -0.39 is 0 Å². The van der Waals surface area contributed by atoms with Crippen molar-refractivity contribution < 1.29 is 0 Å². The third kappa shape index (κ3) is 2.56. The normalized spacial score (nSPS) is 15.1. The average Bonchev–Trinajstić information content (AvgIpc) is 2.73. The first-order valence-corrected chi connectivity index (χ1v) is 6.10. The van der Waals surface area contributed by atoms with E-state index in [-0.39, 0.29) is 0 Å². The Labute approximate surface area is 102 Å². The zero-order valence-corrected chi connectivity index (χ0v) is 10.5. The van der Waals surface area contributed by atoms with E-state index in [0.29, 0.717) is 5.92 Å². The van der Waals surface area contributed by atoms with Crippen LogP contribution < -0.4 is 5.32 Å². The van der Waals surface area contributed by atoms with Crippen LogP contribution in [-0.2, 0) is 6.42 Å². The van der Waals surface area contributed by atoms with Gasteiger partial charge < -0.3 is 5.32 Å². The number of nitrogens with zero attached hydrogens (tertiary/aromatic N) is 1. The summed E-state index contributed by atoms with van der Waals surface area (Å²) in [4.78, 5) is 4.43. The van der Waals surface area contributed by atoms with Crippen molar-refractivity contribution in [3.63, 3.8) is 0 Å². The van der Waals surface area contributed by atoms with Gasteiger partial charge in [-0.05, 0) is 29.2 Å². The number of aliphatic imine (C=N–C) groups is 1. The molecule has 0 spiro atoms. The molecule has 0 radical (unpaired) electrons. The van der Waals surface area contributed by atoms with Crippen LogP contribution in [0.5, 0.6) is 0 Å². The predicted molar refractivity (Wildman–Crippen MR) is 69.5 cm³/mol. The van der Waals surface area contributed by atoms with E-state index in [0.717, 1.165) is 30.4 Å². The van der Waals surface area contributed by atoms with Gasteiger partial charge in [-0.2, -0.15) is 0 Å². The first-order valence-electron chi connectivity index (χ1n) is 5.72. The van der Waals surface area contributed by atoms with Gasteiger partial charge in [-0.15, -0.1) is 0 Å². The lowest BCUT2D eigenvalue weighted by atomic mass is 9.95. The highest BCUT2D eigenvalue weighted by Gasteiger charge is 2.11. The van der Waals surface area contributed by atoms with E-state index in [1.54, 1.807) is 0 Å². The predicted octanol–water partition coefficient (Wildman–Crippen LogP) is 3.01. The molecule has 1 N–H and O–H groups in total. The van der Waals surface area contributed by atoms with Gasteiger partial charge in [-0.1, -0.05) is 31.5 Å². The SMILES string of the molecule is CC(C)c1cc(Cl)ccc1CC1=NCCN1. The summed E-state index contributed by atoms with van der Waals surface area (Å²) in [6.45, 7) is 6.26. The van der Waals surface area contributed by atoms with E-state index in [1.807, 2.05) is 6.07 Å². The van der Waals surface area contributed by atoms with E-state index >= 15 is 0 Å². The van der Waals surface area contributed by atoms with Gasteiger partial charge in [0.15, 0.2) is 0 Å². The van der Waals surface area contributed by atoms with E-state index in [2.05, 4.69) is 36.3 Å². The molecular formula is C13H17ClN2. The summed E-state index contributed by atoms with van der Waals surface area (Å²) < 4.78 is 0. The molecule has 0 bridgehead atoms. The molecule has 0 aliphatic carbocycles. The smallest absolute Gasteiger partial charge is 0.101 e. The monoisotopic (exact) mass is 236 g/mol. The zero-order valence-electron chi connectivity index (χ0n) is 9.76. The topological polar surface area (TPSA) is 24.4 Å². The standard InChI is InChI=1S/C13H17ClN2/c1-9(2)12-8-11(14)4-3-10(12)7-13-15-5-6-16-13/h3-4,8-9H,5-7H2,1-2H3,(H,15,16). The van der Waals surface area contributed by atoms with Gasteiger partial charge in [0, 0.05) is 18.0 Å². The maximum Gasteiger partial charge on any atom is 0.101 e. The first-order chi connectivity index (χ1) is 7.66. The van der Waals surface area contributed by atoms with Crippen LogP contribution in [0.4, 0.5) is 0 Å². The van der Waals surface area contributed by atoms with Crippen LogP contribution >= 0.6 is 11.6 Å². The zero-order chi connectivity index (χ0) is 11.5.